The Morgan fingerprint density at radius 1 is 1.10 bits per heavy atom. The number of morpholine rings is 1. The second-order valence-corrected chi connectivity index (χ2v) is 8.88. The molecule has 1 heterocycles. The number of sulfonamides is 1. The molecule has 0 bridgehead atoms. The third kappa shape index (κ3) is 6.25. The van der Waals surface area contributed by atoms with Crippen molar-refractivity contribution in [3.05, 3.63) is 64.7 Å². The highest BCUT2D eigenvalue weighted by Crippen LogP contribution is 2.23. The van der Waals surface area contributed by atoms with E-state index < -0.39 is 10.0 Å². The topological polar surface area (TPSA) is 102 Å². The van der Waals surface area contributed by atoms with E-state index in [1.54, 1.807) is 12.1 Å². The molecule has 0 aromatic heterocycles. The lowest BCUT2D eigenvalue weighted by molar-refractivity contribution is -0.120. The van der Waals surface area contributed by atoms with Crippen LogP contribution in [-0.2, 0) is 26.0 Å². The van der Waals surface area contributed by atoms with Crippen LogP contribution in [0.3, 0.4) is 0 Å². The molecular formula is C20H24ClN3O4S. The fourth-order valence-corrected chi connectivity index (χ4v) is 3.93. The zero-order chi connectivity index (χ0) is 20.9. The van der Waals surface area contributed by atoms with Crippen molar-refractivity contribution < 1.29 is 17.9 Å². The number of nitrogens with one attached hydrogen (secondary N) is 1. The van der Waals surface area contributed by atoms with Crippen molar-refractivity contribution in [2.75, 3.05) is 32.8 Å². The van der Waals surface area contributed by atoms with Crippen LogP contribution >= 0.6 is 11.6 Å². The van der Waals surface area contributed by atoms with Crippen LogP contribution in [0.4, 0.5) is 0 Å². The van der Waals surface area contributed by atoms with Crippen LogP contribution in [0.2, 0.25) is 5.02 Å². The van der Waals surface area contributed by atoms with E-state index in [-0.39, 0.29) is 23.3 Å². The van der Waals surface area contributed by atoms with Crippen molar-refractivity contribution in [1.29, 1.82) is 0 Å². The molecule has 0 spiro atoms. The summed E-state index contributed by atoms with van der Waals surface area (Å²) in [6.07, 6.45) is 0.154. The minimum absolute atomic E-state index is 0.0184. The average molecular weight is 438 g/mol. The number of hydrogen-bond acceptors (Lipinski definition) is 5. The van der Waals surface area contributed by atoms with Crippen LogP contribution < -0.4 is 10.5 Å². The second-order valence-electron chi connectivity index (χ2n) is 6.89. The van der Waals surface area contributed by atoms with E-state index in [4.69, 9.17) is 21.5 Å². The van der Waals surface area contributed by atoms with Gasteiger partial charge in [0.1, 0.15) is 0 Å². The molecule has 2 aromatic rings. The number of hydrogen-bond donors (Lipinski definition) is 2. The normalized spacial score (nSPS) is 16.3. The minimum atomic E-state index is -3.74. The van der Waals surface area contributed by atoms with Crippen LogP contribution in [0.1, 0.15) is 17.2 Å². The van der Waals surface area contributed by atoms with Crippen LogP contribution in [0.5, 0.6) is 0 Å². The lowest BCUT2D eigenvalue weighted by atomic mass is 10.0. The number of nitrogens with two attached hydrogens (primary N) is 1. The lowest BCUT2D eigenvalue weighted by Gasteiger charge is -2.35. The molecule has 1 fully saturated rings. The third-order valence-corrected chi connectivity index (χ3v) is 6.03. The second kappa shape index (κ2) is 9.69. The van der Waals surface area contributed by atoms with Gasteiger partial charge in [0.25, 0.3) is 0 Å². The van der Waals surface area contributed by atoms with Gasteiger partial charge in [-0.15, -0.1) is 0 Å². The third-order valence-electron chi connectivity index (χ3n) is 4.85. The quantitative estimate of drug-likeness (QED) is 0.686. The first kappa shape index (κ1) is 21.7. The molecule has 0 saturated carbocycles. The fraction of sp³-hybridized carbons (Fsp3) is 0.350. The van der Waals surface area contributed by atoms with Gasteiger partial charge in [0.05, 0.1) is 30.6 Å². The molecule has 0 radical (unpaired) electrons. The van der Waals surface area contributed by atoms with Crippen LogP contribution in [0.25, 0.3) is 0 Å². The monoisotopic (exact) mass is 437 g/mol. The van der Waals surface area contributed by atoms with E-state index in [2.05, 4.69) is 10.2 Å². The Kier molecular flexibility index (Phi) is 7.26. The molecule has 9 heteroatoms. The Bertz CT molecular complexity index is 927. The molecule has 156 valence electrons. The summed E-state index contributed by atoms with van der Waals surface area (Å²) in [5, 5.41) is 8.75. The summed E-state index contributed by atoms with van der Waals surface area (Å²) in [7, 11) is -3.74. The number of ether oxygens (including phenoxy) is 1. The molecule has 29 heavy (non-hydrogen) atoms. The molecule has 0 aliphatic carbocycles. The highest BCUT2D eigenvalue weighted by molar-refractivity contribution is 7.89. The zero-order valence-electron chi connectivity index (χ0n) is 15.9. The molecule has 7 nitrogen and oxygen atoms in total. The maximum absolute atomic E-state index is 12.4. The first-order valence-electron chi connectivity index (χ1n) is 9.28. The molecule has 1 aliphatic heterocycles. The minimum Gasteiger partial charge on any atom is -0.379 e. The number of carbonyl (C=O) groups is 1. The first-order valence-corrected chi connectivity index (χ1v) is 11.2. The molecule has 3 N–H and O–H groups in total. The first-order chi connectivity index (χ1) is 13.8. The Labute approximate surface area is 175 Å². The standard InChI is InChI=1S/C20H24ClN3O4S/c21-17-5-3-16(4-6-17)19(24-9-11-28-12-10-24)14-23-20(25)13-15-1-7-18(8-2-15)29(22,26)27/h1-8,19H,9-14H2,(H,23,25)(H2,22,26,27). The van der Waals surface area contributed by atoms with E-state index in [0.717, 1.165) is 18.7 Å². The largest absolute Gasteiger partial charge is 0.379 e. The van der Waals surface area contributed by atoms with E-state index in [9.17, 15) is 13.2 Å². The molecule has 1 saturated heterocycles. The molecule has 2 aromatic carbocycles. The summed E-state index contributed by atoms with van der Waals surface area (Å²) in [6.45, 7) is 3.36. The Balaban J connectivity index is 1.63. The van der Waals surface area contributed by atoms with Crippen LogP contribution in [0.15, 0.2) is 53.4 Å². The van der Waals surface area contributed by atoms with Gasteiger partial charge in [-0.3, -0.25) is 9.69 Å². The summed E-state index contributed by atoms with van der Waals surface area (Å²) in [5.74, 6) is -0.138. The molecule has 1 amide bonds. The predicted molar refractivity (Wildman–Crippen MR) is 111 cm³/mol. The van der Waals surface area contributed by atoms with Gasteiger partial charge in [-0.2, -0.15) is 0 Å². The molecule has 1 unspecified atom stereocenters. The number of primary sulfonamides is 1. The molecular weight excluding hydrogens is 414 g/mol. The number of carbonyl (C=O) groups excluding carboxylic acids is 1. The van der Waals surface area contributed by atoms with Gasteiger partial charge in [0, 0.05) is 24.7 Å². The van der Waals surface area contributed by atoms with E-state index in [0.29, 0.717) is 30.3 Å². The van der Waals surface area contributed by atoms with E-state index in [1.165, 1.54) is 12.1 Å². The number of rotatable bonds is 7. The Morgan fingerprint density at radius 2 is 1.72 bits per heavy atom. The maximum Gasteiger partial charge on any atom is 0.238 e. The smallest absolute Gasteiger partial charge is 0.238 e. The summed E-state index contributed by atoms with van der Waals surface area (Å²) in [4.78, 5) is 14.8. The summed E-state index contributed by atoms with van der Waals surface area (Å²) < 4.78 is 28.1. The van der Waals surface area contributed by atoms with Crippen molar-refractivity contribution in [3.8, 4) is 0 Å². The zero-order valence-corrected chi connectivity index (χ0v) is 17.5. The molecule has 1 aliphatic rings. The number of amides is 1. The summed E-state index contributed by atoms with van der Waals surface area (Å²) in [6, 6.07) is 13.7. The SMILES string of the molecule is NS(=O)(=O)c1ccc(CC(=O)NCC(c2ccc(Cl)cc2)N2CCOCC2)cc1. The summed E-state index contributed by atoms with van der Waals surface area (Å²) >= 11 is 6.01. The highest BCUT2D eigenvalue weighted by atomic mass is 35.5. The summed E-state index contributed by atoms with van der Waals surface area (Å²) in [5.41, 5.74) is 1.79. The highest BCUT2D eigenvalue weighted by Gasteiger charge is 2.23. The van der Waals surface area contributed by atoms with Crippen molar-refractivity contribution in [2.24, 2.45) is 5.14 Å². The predicted octanol–water partition coefficient (Wildman–Crippen LogP) is 1.72. The lowest BCUT2D eigenvalue weighted by Crippen LogP contribution is -2.44. The van der Waals surface area contributed by atoms with Gasteiger partial charge in [0.15, 0.2) is 0 Å². The van der Waals surface area contributed by atoms with Crippen molar-refractivity contribution in [2.45, 2.75) is 17.4 Å². The van der Waals surface area contributed by atoms with E-state index in [1.807, 2.05) is 24.3 Å². The Morgan fingerprint density at radius 3 is 2.31 bits per heavy atom. The van der Waals surface area contributed by atoms with Crippen molar-refractivity contribution >= 4 is 27.5 Å². The van der Waals surface area contributed by atoms with Crippen molar-refractivity contribution in [1.82, 2.24) is 10.2 Å². The van der Waals surface area contributed by atoms with Crippen LogP contribution in [0, 0.1) is 0 Å². The molecule has 3 rings (SSSR count). The maximum atomic E-state index is 12.4. The van der Waals surface area contributed by atoms with E-state index >= 15 is 0 Å². The van der Waals surface area contributed by atoms with Gasteiger partial charge >= 0.3 is 0 Å². The van der Waals surface area contributed by atoms with Crippen molar-refractivity contribution in [3.63, 3.8) is 0 Å². The van der Waals surface area contributed by atoms with Gasteiger partial charge in [-0.05, 0) is 35.4 Å². The van der Waals surface area contributed by atoms with Gasteiger partial charge in [-0.25, -0.2) is 13.6 Å². The van der Waals surface area contributed by atoms with Gasteiger partial charge in [-0.1, -0.05) is 35.9 Å². The average Bonchev–Trinajstić information content (AvgIpc) is 2.70. The fourth-order valence-electron chi connectivity index (χ4n) is 3.29. The molecule has 1 atom stereocenters. The van der Waals surface area contributed by atoms with Gasteiger partial charge < -0.3 is 10.1 Å². The van der Waals surface area contributed by atoms with Crippen LogP contribution in [-0.4, -0.2) is 52.1 Å². The van der Waals surface area contributed by atoms with Gasteiger partial charge in [0.2, 0.25) is 15.9 Å². The number of benzene rings is 2. The number of halogens is 1. The number of nitrogens with zero attached hydrogens (tertiary/aromatic N) is 1. The Hall–Kier alpha value is -1.97.